The molecule has 3 atom stereocenters. The van der Waals surface area contributed by atoms with E-state index in [0.29, 0.717) is 23.0 Å². The molecule has 0 radical (unpaired) electrons. The fourth-order valence-electron chi connectivity index (χ4n) is 4.03. The molecule has 0 saturated heterocycles. The maximum absolute atomic E-state index is 13.4. The average Bonchev–Trinajstić information content (AvgIpc) is 3.45. The van der Waals surface area contributed by atoms with Crippen LogP contribution in [0.3, 0.4) is 0 Å². The van der Waals surface area contributed by atoms with Crippen LogP contribution in [0.5, 0.6) is 0 Å². The van der Waals surface area contributed by atoms with Crippen molar-refractivity contribution >= 4 is 22.7 Å². The quantitative estimate of drug-likeness (QED) is 0.741. The predicted octanol–water partition coefficient (Wildman–Crippen LogP) is 3.01. The lowest BCUT2D eigenvalue weighted by Crippen LogP contribution is -2.50. The Bertz CT molecular complexity index is 944. The summed E-state index contributed by atoms with van der Waals surface area (Å²) in [6.07, 6.45) is 5.24. The van der Waals surface area contributed by atoms with Gasteiger partial charge in [-0.05, 0) is 55.9 Å². The topological polar surface area (TPSA) is 97.8 Å². The molecule has 2 aliphatic carbocycles. The number of carbonyl (C=O) groups excluding carboxylic acids is 2. The van der Waals surface area contributed by atoms with Gasteiger partial charge in [0.2, 0.25) is 5.91 Å². The molecule has 2 saturated carbocycles. The van der Waals surface area contributed by atoms with Crippen LogP contribution in [0.2, 0.25) is 0 Å². The zero-order valence-corrected chi connectivity index (χ0v) is 15.5. The molecule has 1 heterocycles. The zero-order valence-electron chi connectivity index (χ0n) is 15.5. The van der Waals surface area contributed by atoms with Gasteiger partial charge in [-0.2, -0.15) is 5.26 Å². The standard InChI is InChI=1S/C21H23FN4O2/c22-14-7-8-16-13(9-14)10-18(24-16)21(28)25-17-4-2-1-3-15(17)20(27)26-19(11-23)12-5-6-12/h7-10,12,15,17,19,24H,1-6H2,(H,25,28)(H,26,27). The van der Waals surface area contributed by atoms with Crippen molar-refractivity contribution in [3.8, 4) is 6.07 Å². The smallest absolute Gasteiger partial charge is 0.267 e. The second kappa shape index (κ2) is 7.63. The number of aromatic amines is 1. The fourth-order valence-corrected chi connectivity index (χ4v) is 4.03. The van der Waals surface area contributed by atoms with E-state index in [1.54, 1.807) is 12.1 Å². The zero-order chi connectivity index (χ0) is 19.7. The molecular weight excluding hydrogens is 359 g/mol. The maximum atomic E-state index is 13.4. The summed E-state index contributed by atoms with van der Waals surface area (Å²) < 4.78 is 13.4. The van der Waals surface area contributed by atoms with Gasteiger partial charge in [0.1, 0.15) is 17.6 Å². The minimum atomic E-state index is -0.436. The highest BCUT2D eigenvalue weighted by Crippen LogP contribution is 2.33. The monoisotopic (exact) mass is 382 g/mol. The highest BCUT2D eigenvalue weighted by Gasteiger charge is 2.37. The Morgan fingerprint density at radius 1 is 1.18 bits per heavy atom. The van der Waals surface area contributed by atoms with Crippen molar-refractivity contribution in [2.75, 3.05) is 0 Å². The summed E-state index contributed by atoms with van der Waals surface area (Å²) >= 11 is 0. The highest BCUT2D eigenvalue weighted by molar-refractivity contribution is 5.98. The lowest BCUT2D eigenvalue weighted by molar-refractivity contribution is -0.127. The number of nitrogens with zero attached hydrogens (tertiary/aromatic N) is 1. The summed E-state index contributed by atoms with van der Waals surface area (Å²) in [5.41, 5.74) is 1.03. The van der Waals surface area contributed by atoms with Crippen LogP contribution in [0.25, 0.3) is 10.9 Å². The molecular formula is C21H23FN4O2. The van der Waals surface area contributed by atoms with Gasteiger partial charge in [-0.3, -0.25) is 9.59 Å². The van der Waals surface area contributed by atoms with Crippen molar-refractivity contribution in [1.29, 1.82) is 5.26 Å². The van der Waals surface area contributed by atoms with Crippen LogP contribution in [0, 0.1) is 29.0 Å². The van der Waals surface area contributed by atoms with E-state index in [0.717, 1.165) is 32.1 Å². The summed E-state index contributed by atoms with van der Waals surface area (Å²) in [4.78, 5) is 28.5. The van der Waals surface area contributed by atoms with Crippen LogP contribution >= 0.6 is 0 Å². The number of H-pyrrole nitrogens is 1. The van der Waals surface area contributed by atoms with Crippen molar-refractivity contribution in [3.05, 3.63) is 35.8 Å². The van der Waals surface area contributed by atoms with Gasteiger partial charge in [-0.25, -0.2) is 4.39 Å². The Morgan fingerprint density at radius 2 is 1.96 bits per heavy atom. The van der Waals surface area contributed by atoms with Gasteiger partial charge < -0.3 is 15.6 Å². The van der Waals surface area contributed by atoms with Crippen LogP contribution in [0.4, 0.5) is 4.39 Å². The fraction of sp³-hybridized carbons (Fsp3) is 0.476. The maximum Gasteiger partial charge on any atom is 0.267 e. The second-order valence-corrected chi connectivity index (χ2v) is 7.84. The van der Waals surface area contributed by atoms with E-state index in [1.165, 1.54) is 12.1 Å². The largest absolute Gasteiger partial charge is 0.351 e. The summed E-state index contributed by atoms with van der Waals surface area (Å²) in [7, 11) is 0. The average molecular weight is 382 g/mol. The van der Waals surface area contributed by atoms with Crippen molar-refractivity contribution in [2.45, 2.75) is 50.6 Å². The van der Waals surface area contributed by atoms with Gasteiger partial charge in [-0.15, -0.1) is 0 Å². The number of rotatable bonds is 5. The van der Waals surface area contributed by atoms with Crippen molar-refractivity contribution in [2.24, 2.45) is 11.8 Å². The third-order valence-electron chi connectivity index (χ3n) is 5.78. The number of nitriles is 1. The number of amides is 2. The Balaban J connectivity index is 1.45. The molecule has 2 aliphatic rings. The highest BCUT2D eigenvalue weighted by atomic mass is 19.1. The molecule has 3 N–H and O–H groups in total. The number of carbonyl (C=O) groups is 2. The minimum Gasteiger partial charge on any atom is -0.351 e. The molecule has 2 fully saturated rings. The van der Waals surface area contributed by atoms with Crippen LogP contribution < -0.4 is 10.6 Å². The van der Waals surface area contributed by atoms with E-state index < -0.39 is 6.04 Å². The van der Waals surface area contributed by atoms with Crippen LogP contribution in [0.1, 0.15) is 49.0 Å². The molecule has 7 heteroatoms. The van der Waals surface area contributed by atoms with Gasteiger partial charge in [-0.1, -0.05) is 12.8 Å². The molecule has 1 aromatic carbocycles. The first-order chi connectivity index (χ1) is 13.5. The van der Waals surface area contributed by atoms with Crippen LogP contribution in [0.15, 0.2) is 24.3 Å². The molecule has 6 nitrogen and oxygen atoms in total. The van der Waals surface area contributed by atoms with Gasteiger partial charge in [0.05, 0.1) is 12.0 Å². The molecule has 4 rings (SSSR count). The molecule has 2 aromatic rings. The van der Waals surface area contributed by atoms with Crippen molar-refractivity contribution in [1.82, 2.24) is 15.6 Å². The van der Waals surface area contributed by atoms with Gasteiger partial charge >= 0.3 is 0 Å². The number of aromatic nitrogens is 1. The van der Waals surface area contributed by atoms with E-state index in [1.807, 2.05) is 0 Å². The predicted molar refractivity (Wildman–Crippen MR) is 102 cm³/mol. The molecule has 0 aliphatic heterocycles. The van der Waals surface area contributed by atoms with E-state index >= 15 is 0 Å². The Kier molecular flexibility index (Phi) is 5.03. The number of halogens is 1. The molecule has 1 aromatic heterocycles. The van der Waals surface area contributed by atoms with E-state index in [4.69, 9.17) is 0 Å². The normalized spacial score (nSPS) is 23.0. The first kappa shape index (κ1) is 18.5. The number of hydrogen-bond donors (Lipinski definition) is 3. The molecule has 3 unspecified atom stereocenters. The van der Waals surface area contributed by atoms with Crippen LogP contribution in [-0.2, 0) is 4.79 Å². The lowest BCUT2D eigenvalue weighted by atomic mass is 9.83. The summed E-state index contributed by atoms with van der Waals surface area (Å²) in [5, 5.41) is 15.7. The summed E-state index contributed by atoms with van der Waals surface area (Å²) in [6, 6.07) is 7.40. The third-order valence-corrected chi connectivity index (χ3v) is 5.78. The Hall–Kier alpha value is -2.88. The van der Waals surface area contributed by atoms with E-state index in [-0.39, 0.29) is 35.5 Å². The molecule has 0 bridgehead atoms. The number of nitrogens with one attached hydrogen (secondary N) is 3. The van der Waals surface area contributed by atoms with Crippen molar-refractivity contribution < 1.29 is 14.0 Å². The lowest BCUT2D eigenvalue weighted by Gasteiger charge is -2.31. The first-order valence-corrected chi connectivity index (χ1v) is 9.84. The van der Waals surface area contributed by atoms with Gasteiger partial charge in [0.15, 0.2) is 0 Å². The van der Waals surface area contributed by atoms with Gasteiger partial charge in [0.25, 0.3) is 5.91 Å². The second-order valence-electron chi connectivity index (χ2n) is 7.84. The SMILES string of the molecule is N#CC(NC(=O)C1CCCCC1NC(=O)c1cc2cc(F)ccc2[nH]1)C1CC1. The van der Waals surface area contributed by atoms with Crippen molar-refractivity contribution in [3.63, 3.8) is 0 Å². The molecule has 28 heavy (non-hydrogen) atoms. The molecule has 2 amide bonds. The Morgan fingerprint density at radius 3 is 2.71 bits per heavy atom. The third kappa shape index (κ3) is 3.86. The molecule has 146 valence electrons. The van der Waals surface area contributed by atoms with Crippen LogP contribution in [-0.4, -0.2) is 28.9 Å². The number of fused-ring (bicyclic) bond motifs is 1. The summed E-state index contributed by atoms with van der Waals surface area (Å²) in [5.74, 6) is -0.890. The first-order valence-electron chi connectivity index (χ1n) is 9.84. The van der Waals surface area contributed by atoms with E-state index in [9.17, 15) is 19.2 Å². The van der Waals surface area contributed by atoms with Gasteiger partial charge in [0, 0.05) is 16.9 Å². The number of hydrogen-bond acceptors (Lipinski definition) is 3. The Labute approximate surface area is 162 Å². The minimum absolute atomic E-state index is 0.151. The number of benzene rings is 1. The summed E-state index contributed by atoms with van der Waals surface area (Å²) in [6.45, 7) is 0. The van der Waals surface area contributed by atoms with E-state index in [2.05, 4.69) is 21.7 Å². The molecule has 0 spiro atoms.